The van der Waals surface area contributed by atoms with Crippen molar-refractivity contribution in [1.29, 1.82) is 0 Å². The van der Waals surface area contributed by atoms with Crippen molar-refractivity contribution in [2.24, 2.45) is 34.5 Å². The highest BCUT2D eigenvalue weighted by atomic mass is 16.3. The molecular formula is C20H32O3. The first-order valence-corrected chi connectivity index (χ1v) is 9.49. The molecule has 9 atom stereocenters. The summed E-state index contributed by atoms with van der Waals surface area (Å²) in [4.78, 5) is 0. The van der Waals surface area contributed by atoms with Crippen molar-refractivity contribution in [1.82, 2.24) is 0 Å². The first kappa shape index (κ1) is 16.1. The van der Waals surface area contributed by atoms with Crippen LogP contribution >= 0.6 is 0 Å². The Labute approximate surface area is 139 Å². The molecule has 0 aromatic heterocycles. The summed E-state index contributed by atoms with van der Waals surface area (Å²) in [5.74, 6) is 1.63. The first-order chi connectivity index (χ1) is 10.8. The number of aliphatic hydroxyl groups excluding tert-OH is 3. The number of fused-ring (bicyclic) bond motifs is 5. The van der Waals surface area contributed by atoms with Crippen molar-refractivity contribution in [2.45, 2.75) is 77.1 Å². The molecule has 3 nitrogen and oxygen atoms in total. The molecule has 0 heterocycles. The van der Waals surface area contributed by atoms with Crippen LogP contribution in [0.3, 0.4) is 0 Å². The van der Waals surface area contributed by atoms with Crippen LogP contribution in [0, 0.1) is 34.5 Å². The molecule has 23 heavy (non-hydrogen) atoms. The highest BCUT2D eigenvalue weighted by molar-refractivity contribution is 5.23. The fourth-order valence-electron chi connectivity index (χ4n) is 7.14. The molecule has 3 heteroatoms. The van der Waals surface area contributed by atoms with Gasteiger partial charge in [-0.15, -0.1) is 0 Å². The second-order valence-electron chi connectivity index (χ2n) is 9.53. The third kappa shape index (κ3) is 2.06. The average Bonchev–Trinajstić information content (AvgIpc) is 2.73. The lowest BCUT2D eigenvalue weighted by Gasteiger charge is -2.61. The van der Waals surface area contributed by atoms with E-state index in [1.54, 1.807) is 0 Å². The maximum atomic E-state index is 11.0. The summed E-state index contributed by atoms with van der Waals surface area (Å²) in [5, 5.41) is 31.7. The van der Waals surface area contributed by atoms with Crippen molar-refractivity contribution >= 4 is 0 Å². The Morgan fingerprint density at radius 2 is 1.65 bits per heavy atom. The van der Waals surface area contributed by atoms with Gasteiger partial charge in [0.15, 0.2) is 0 Å². The van der Waals surface area contributed by atoms with Crippen LogP contribution in [0.15, 0.2) is 12.2 Å². The van der Waals surface area contributed by atoms with Crippen molar-refractivity contribution in [3.05, 3.63) is 12.2 Å². The van der Waals surface area contributed by atoms with Crippen molar-refractivity contribution in [3.63, 3.8) is 0 Å². The van der Waals surface area contributed by atoms with E-state index in [0.29, 0.717) is 23.7 Å². The third-order valence-corrected chi connectivity index (χ3v) is 8.59. The molecule has 0 aliphatic heterocycles. The molecule has 3 N–H and O–H groups in total. The van der Waals surface area contributed by atoms with Crippen molar-refractivity contribution in [2.75, 3.05) is 0 Å². The Balaban J connectivity index is 1.69. The average molecular weight is 320 g/mol. The zero-order chi connectivity index (χ0) is 16.6. The molecule has 0 amide bonds. The van der Waals surface area contributed by atoms with Gasteiger partial charge in [-0.1, -0.05) is 20.4 Å². The van der Waals surface area contributed by atoms with Crippen molar-refractivity contribution in [3.8, 4) is 0 Å². The summed E-state index contributed by atoms with van der Waals surface area (Å²) in [6.45, 7) is 8.73. The lowest BCUT2D eigenvalue weighted by Crippen LogP contribution is -2.58. The van der Waals surface area contributed by atoms with Crippen LogP contribution in [0.2, 0.25) is 0 Å². The molecule has 0 spiro atoms. The van der Waals surface area contributed by atoms with Crippen molar-refractivity contribution < 1.29 is 15.3 Å². The van der Waals surface area contributed by atoms with Gasteiger partial charge in [-0.2, -0.15) is 0 Å². The normalized spacial score (nSPS) is 59.2. The minimum atomic E-state index is -0.403. The summed E-state index contributed by atoms with van der Waals surface area (Å²) in [6.07, 6.45) is 5.81. The van der Waals surface area contributed by atoms with Gasteiger partial charge in [-0.05, 0) is 79.6 Å². The highest BCUT2D eigenvalue weighted by Crippen LogP contribution is 2.66. The van der Waals surface area contributed by atoms with E-state index in [1.165, 1.54) is 0 Å². The molecule has 130 valence electrons. The molecule has 4 fully saturated rings. The zero-order valence-electron chi connectivity index (χ0n) is 14.5. The molecule has 4 saturated carbocycles. The van der Waals surface area contributed by atoms with Gasteiger partial charge in [0.2, 0.25) is 0 Å². The minimum absolute atomic E-state index is 0.101. The van der Waals surface area contributed by atoms with Gasteiger partial charge in [0, 0.05) is 5.41 Å². The fourth-order valence-corrected chi connectivity index (χ4v) is 7.14. The highest BCUT2D eigenvalue weighted by Gasteiger charge is 2.63. The van der Waals surface area contributed by atoms with Gasteiger partial charge >= 0.3 is 0 Å². The second kappa shape index (κ2) is 5.06. The monoisotopic (exact) mass is 320 g/mol. The Morgan fingerprint density at radius 3 is 2.39 bits per heavy atom. The maximum absolute atomic E-state index is 11.0. The Hall–Kier alpha value is -0.380. The fraction of sp³-hybridized carbons (Fsp3) is 0.900. The van der Waals surface area contributed by atoms with Crippen LogP contribution in [-0.2, 0) is 0 Å². The quantitative estimate of drug-likeness (QED) is 0.602. The van der Waals surface area contributed by atoms with Crippen LogP contribution in [0.25, 0.3) is 0 Å². The number of hydrogen-bond acceptors (Lipinski definition) is 3. The second-order valence-corrected chi connectivity index (χ2v) is 9.53. The molecule has 0 radical (unpaired) electrons. The zero-order valence-corrected chi connectivity index (χ0v) is 14.5. The molecular weight excluding hydrogens is 288 g/mol. The topological polar surface area (TPSA) is 60.7 Å². The van der Waals surface area contributed by atoms with E-state index in [1.807, 2.05) is 0 Å². The smallest absolute Gasteiger partial charge is 0.0804 e. The van der Waals surface area contributed by atoms with Crippen LogP contribution in [0.5, 0.6) is 0 Å². The van der Waals surface area contributed by atoms with Crippen LogP contribution in [0.1, 0.15) is 58.8 Å². The molecule has 4 aliphatic carbocycles. The molecule has 0 aromatic carbocycles. The number of rotatable bonds is 0. The summed E-state index contributed by atoms with van der Waals surface area (Å²) < 4.78 is 0. The Kier molecular flexibility index (Phi) is 3.54. The van der Waals surface area contributed by atoms with E-state index < -0.39 is 6.10 Å². The van der Waals surface area contributed by atoms with E-state index in [0.717, 1.165) is 50.5 Å². The van der Waals surface area contributed by atoms with E-state index in [4.69, 9.17) is 0 Å². The summed E-state index contributed by atoms with van der Waals surface area (Å²) in [7, 11) is 0. The van der Waals surface area contributed by atoms with E-state index in [2.05, 4.69) is 20.4 Å². The first-order valence-electron chi connectivity index (χ1n) is 9.49. The Bertz CT molecular complexity index is 517. The molecule has 4 rings (SSSR count). The summed E-state index contributed by atoms with van der Waals surface area (Å²) in [6, 6.07) is 0. The SMILES string of the molecule is C=C1CC2C3C(O)C[C@@H]4C[C@@H](O)CC[C@]4(C)C3CC[C@]2(C)[C@@H]1O. The van der Waals surface area contributed by atoms with Gasteiger partial charge in [-0.3, -0.25) is 0 Å². The number of aliphatic hydroxyl groups is 3. The molecule has 4 aliphatic rings. The van der Waals surface area contributed by atoms with Crippen LogP contribution in [-0.4, -0.2) is 33.6 Å². The lowest BCUT2D eigenvalue weighted by atomic mass is 9.44. The Morgan fingerprint density at radius 1 is 0.957 bits per heavy atom. The summed E-state index contributed by atoms with van der Waals surface area (Å²) in [5.41, 5.74) is 1.12. The van der Waals surface area contributed by atoms with Gasteiger partial charge in [0.25, 0.3) is 0 Å². The maximum Gasteiger partial charge on any atom is 0.0804 e. The van der Waals surface area contributed by atoms with E-state index in [9.17, 15) is 15.3 Å². The molecule has 0 bridgehead atoms. The molecule has 4 unspecified atom stereocenters. The van der Waals surface area contributed by atoms with E-state index in [-0.39, 0.29) is 23.0 Å². The third-order valence-electron chi connectivity index (χ3n) is 8.59. The largest absolute Gasteiger partial charge is 0.393 e. The van der Waals surface area contributed by atoms with Gasteiger partial charge in [-0.25, -0.2) is 0 Å². The standard InChI is InChI=1S/C20H32O3/c1-11-8-15-17-14(5-7-20(15,3)18(11)23)19(2)6-4-13(21)9-12(19)10-16(17)22/h12-18,21-23H,1,4-10H2,2-3H3/t12-,13-,14?,15?,16?,17?,18+,19-,20-/m0/s1. The van der Waals surface area contributed by atoms with Crippen LogP contribution < -0.4 is 0 Å². The van der Waals surface area contributed by atoms with Gasteiger partial charge in [0.05, 0.1) is 18.3 Å². The number of hydrogen-bond donors (Lipinski definition) is 3. The molecule has 0 aromatic rings. The summed E-state index contributed by atoms with van der Waals surface area (Å²) >= 11 is 0. The van der Waals surface area contributed by atoms with Gasteiger partial charge < -0.3 is 15.3 Å². The minimum Gasteiger partial charge on any atom is -0.393 e. The lowest BCUT2D eigenvalue weighted by molar-refractivity contribution is -0.176. The predicted molar refractivity (Wildman–Crippen MR) is 89.7 cm³/mol. The molecule has 0 saturated heterocycles. The predicted octanol–water partition coefficient (Wildman–Crippen LogP) is 2.89. The van der Waals surface area contributed by atoms with E-state index >= 15 is 0 Å². The van der Waals surface area contributed by atoms with Crippen LogP contribution in [0.4, 0.5) is 0 Å². The van der Waals surface area contributed by atoms with Gasteiger partial charge in [0.1, 0.15) is 0 Å².